The highest BCUT2D eigenvalue weighted by Gasteiger charge is 2.10. The van der Waals surface area contributed by atoms with E-state index in [0.29, 0.717) is 10.0 Å². The van der Waals surface area contributed by atoms with Crippen LogP contribution in [0, 0.1) is 6.92 Å². The highest BCUT2D eigenvalue weighted by molar-refractivity contribution is 7.16. The number of rotatable bonds is 4. The number of aryl methyl sites for hydroxylation is 1. The summed E-state index contributed by atoms with van der Waals surface area (Å²) in [5, 5.41) is 5.12. The van der Waals surface area contributed by atoms with Crippen molar-refractivity contribution < 1.29 is 4.74 Å². The molecule has 3 nitrogen and oxygen atoms in total. The quantitative estimate of drug-likeness (QED) is 0.600. The molecule has 0 aliphatic rings. The third-order valence-corrected chi connectivity index (χ3v) is 4.96. The summed E-state index contributed by atoms with van der Waals surface area (Å²) >= 11 is 13.6. The number of anilines is 2. The zero-order valence-electron chi connectivity index (χ0n) is 12.6. The predicted molar refractivity (Wildman–Crippen MR) is 98.6 cm³/mol. The monoisotopic (exact) mass is 364 g/mol. The van der Waals surface area contributed by atoms with Crippen LogP contribution in [0.15, 0.2) is 42.5 Å². The van der Waals surface area contributed by atoms with E-state index < -0.39 is 0 Å². The van der Waals surface area contributed by atoms with Crippen molar-refractivity contribution in [3.8, 4) is 17.0 Å². The third-order valence-electron chi connectivity index (χ3n) is 3.33. The fourth-order valence-corrected chi connectivity index (χ4v) is 3.32. The number of halogens is 2. The molecule has 0 aliphatic carbocycles. The van der Waals surface area contributed by atoms with Crippen LogP contribution in [0.2, 0.25) is 10.0 Å². The van der Waals surface area contributed by atoms with E-state index in [-0.39, 0.29) is 0 Å². The summed E-state index contributed by atoms with van der Waals surface area (Å²) in [6.45, 7) is 2.05. The van der Waals surface area contributed by atoms with Crippen molar-refractivity contribution in [1.82, 2.24) is 4.98 Å². The Morgan fingerprint density at radius 3 is 2.43 bits per heavy atom. The lowest BCUT2D eigenvalue weighted by Crippen LogP contribution is -1.90. The molecule has 1 N–H and O–H groups in total. The smallest absolute Gasteiger partial charge is 0.187 e. The Morgan fingerprint density at radius 1 is 1.04 bits per heavy atom. The molecule has 23 heavy (non-hydrogen) atoms. The van der Waals surface area contributed by atoms with Crippen molar-refractivity contribution in [3.05, 3.63) is 57.4 Å². The Labute approximate surface area is 148 Å². The summed E-state index contributed by atoms with van der Waals surface area (Å²) in [5.74, 6) is 0.829. The first-order chi connectivity index (χ1) is 11.1. The second kappa shape index (κ2) is 6.79. The standard InChI is InChI=1S/C17H14Cl2N2OS/c1-10-16(11-3-6-13(22-2)7-4-11)21-17(23-10)20-12-5-8-14(18)15(19)9-12/h3-9H,1-2H3,(H,20,21). The van der Waals surface area contributed by atoms with Gasteiger partial charge in [-0.2, -0.15) is 0 Å². The average Bonchev–Trinajstić information content (AvgIpc) is 2.91. The molecule has 0 amide bonds. The van der Waals surface area contributed by atoms with Gasteiger partial charge in [-0.1, -0.05) is 23.2 Å². The second-order valence-electron chi connectivity index (χ2n) is 4.91. The summed E-state index contributed by atoms with van der Waals surface area (Å²) in [6, 6.07) is 13.3. The van der Waals surface area contributed by atoms with Gasteiger partial charge in [0.05, 0.1) is 22.8 Å². The Hall–Kier alpha value is -1.75. The normalized spacial score (nSPS) is 10.6. The molecule has 0 bridgehead atoms. The first kappa shape index (κ1) is 16.1. The first-order valence-corrected chi connectivity index (χ1v) is 8.48. The van der Waals surface area contributed by atoms with E-state index in [4.69, 9.17) is 27.9 Å². The maximum absolute atomic E-state index is 6.04. The number of thiazole rings is 1. The number of methoxy groups -OCH3 is 1. The molecule has 3 aromatic rings. The van der Waals surface area contributed by atoms with Crippen LogP contribution in [0.3, 0.4) is 0 Å². The van der Waals surface area contributed by atoms with Gasteiger partial charge in [-0.05, 0) is 49.4 Å². The molecule has 0 aliphatic heterocycles. The van der Waals surface area contributed by atoms with E-state index in [1.54, 1.807) is 30.6 Å². The molecule has 0 saturated heterocycles. The number of nitrogens with zero attached hydrogens (tertiary/aromatic N) is 1. The zero-order chi connectivity index (χ0) is 16.4. The average molecular weight is 365 g/mol. The van der Waals surface area contributed by atoms with Crippen LogP contribution in [0.25, 0.3) is 11.3 Å². The largest absolute Gasteiger partial charge is 0.497 e. The predicted octanol–water partition coefficient (Wildman–Crippen LogP) is 6.18. The lowest BCUT2D eigenvalue weighted by atomic mass is 10.1. The zero-order valence-corrected chi connectivity index (χ0v) is 14.9. The van der Waals surface area contributed by atoms with Gasteiger partial charge >= 0.3 is 0 Å². The lowest BCUT2D eigenvalue weighted by Gasteiger charge is -2.04. The van der Waals surface area contributed by atoms with Gasteiger partial charge in [-0.25, -0.2) is 4.98 Å². The van der Waals surface area contributed by atoms with Gasteiger partial charge in [0.25, 0.3) is 0 Å². The number of aromatic nitrogens is 1. The van der Waals surface area contributed by atoms with E-state index in [1.165, 1.54) is 0 Å². The summed E-state index contributed by atoms with van der Waals surface area (Å²) < 4.78 is 5.19. The van der Waals surface area contributed by atoms with Crippen molar-refractivity contribution in [1.29, 1.82) is 0 Å². The van der Waals surface area contributed by atoms with E-state index in [2.05, 4.69) is 17.2 Å². The molecular weight excluding hydrogens is 351 g/mol. The minimum Gasteiger partial charge on any atom is -0.497 e. The number of hydrogen-bond acceptors (Lipinski definition) is 4. The molecule has 0 saturated carbocycles. The van der Waals surface area contributed by atoms with Crippen LogP contribution < -0.4 is 10.1 Å². The van der Waals surface area contributed by atoms with E-state index in [0.717, 1.165) is 32.7 Å². The maximum atomic E-state index is 6.04. The Kier molecular flexibility index (Phi) is 4.76. The number of benzene rings is 2. The van der Waals surface area contributed by atoms with E-state index in [9.17, 15) is 0 Å². The molecule has 0 unspecified atom stereocenters. The summed E-state index contributed by atoms with van der Waals surface area (Å²) in [4.78, 5) is 5.81. The summed E-state index contributed by atoms with van der Waals surface area (Å²) in [7, 11) is 1.66. The van der Waals surface area contributed by atoms with Gasteiger partial charge < -0.3 is 10.1 Å². The van der Waals surface area contributed by atoms with Gasteiger partial charge in [0.1, 0.15) is 5.75 Å². The molecule has 0 spiro atoms. The molecule has 0 fully saturated rings. The van der Waals surface area contributed by atoms with E-state index >= 15 is 0 Å². The highest BCUT2D eigenvalue weighted by atomic mass is 35.5. The summed E-state index contributed by atoms with van der Waals surface area (Å²) in [5.41, 5.74) is 2.87. The molecule has 1 heterocycles. The minimum absolute atomic E-state index is 0.514. The van der Waals surface area contributed by atoms with Crippen LogP contribution in [-0.2, 0) is 0 Å². The molecule has 1 aromatic heterocycles. The van der Waals surface area contributed by atoms with Crippen LogP contribution in [-0.4, -0.2) is 12.1 Å². The van der Waals surface area contributed by atoms with Gasteiger partial charge in [0.2, 0.25) is 0 Å². The van der Waals surface area contributed by atoms with Crippen LogP contribution in [0.4, 0.5) is 10.8 Å². The fourth-order valence-electron chi connectivity index (χ4n) is 2.16. The summed E-state index contributed by atoms with van der Waals surface area (Å²) in [6.07, 6.45) is 0. The fraction of sp³-hybridized carbons (Fsp3) is 0.118. The minimum atomic E-state index is 0.514. The molecule has 3 rings (SSSR count). The van der Waals surface area contributed by atoms with Gasteiger partial charge in [-0.15, -0.1) is 11.3 Å². The van der Waals surface area contributed by atoms with Crippen LogP contribution >= 0.6 is 34.5 Å². The van der Waals surface area contributed by atoms with Gasteiger partial charge in [0.15, 0.2) is 5.13 Å². The van der Waals surface area contributed by atoms with Gasteiger partial charge in [-0.3, -0.25) is 0 Å². The molecule has 6 heteroatoms. The van der Waals surface area contributed by atoms with Crippen LogP contribution in [0.1, 0.15) is 4.88 Å². The highest BCUT2D eigenvalue weighted by Crippen LogP contribution is 2.34. The molecule has 0 radical (unpaired) electrons. The van der Waals surface area contributed by atoms with Crippen LogP contribution in [0.5, 0.6) is 5.75 Å². The van der Waals surface area contributed by atoms with Gasteiger partial charge in [0, 0.05) is 16.1 Å². The SMILES string of the molecule is COc1ccc(-c2nc(Nc3ccc(Cl)c(Cl)c3)sc2C)cc1. The Morgan fingerprint density at radius 2 is 1.78 bits per heavy atom. The van der Waals surface area contributed by atoms with Crippen molar-refractivity contribution in [2.75, 3.05) is 12.4 Å². The first-order valence-electron chi connectivity index (χ1n) is 6.91. The Balaban J connectivity index is 1.86. The molecular formula is C17H14Cl2N2OS. The third kappa shape index (κ3) is 3.61. The second-order valence-corrected chi connectivity index (χ2v) is 6.92. The molecule has 0 atom stereocenters. The van der Waals surface area contributed by atoms with E-state index in [1.807, 2.05) is 30.3 Å². The number of nitrogens with one attached hydrogen (secondary N) is 1. The van der Waals surface area contributed by atoms with Crippen molar-refractivity contribution in [2.24, 2.45) is 0 Å². The number of hydrogen-bond donors (Lipinski definition) is 1. The lowest BCUT2D eigenvalue weighted by molar-refractivity contribution is 0.415. The topological polar surface area (TPSA) is 34.1 Å². The Bertz CT molecular complexity index is 831. The molecule has 2 aromatic carbocycles. The molecule has 118 valence electrons. The number of ether oxygens (including phenoxy) is 1. The van der Waals surface area contributed by atoms with Crippen molar-refractivity contribution >= 4 is 45.4 Å². The maximum Gasteiger partial charge on any atom is 0.187 e. The van der Waals surface area contributed by atoms with Crippen molar-refractivity contribution in [2.45, 2.75) is 6.92 Å². The van der Waals surface area contributed by atoms with Crippen molar-refractivity contribution in [3.63, 3.8) is 0 Å².